The van der Waals surface area contributed by atoms with E-state index >= 15 is 0 Å². The van der Waals surface area contributed by atoms with Gasteiger partial charge in [0.25, 0.3) is 5.56 Å². The maximum absolute atomic E-state index is 11.7. The van der Waals surface area contributed by atoms with Gasteiger partial charge < -0.3 is 25.8 Å². The van der Waals surface area contributed by atoms with E-state index in [4.69, 9.17) is 15.6 Å². The van der Waals surface area contributed by atoms with Crippen LogP contribution in [0.2, 0.25) is 0 Å². The van der Waals surface area contributed by atoms with Crippen LogP contribution in [0.15, 0.2) is 9.79 Å². The first-order chi connectivity index (χ1) is 10.0. The minimum absolute atomic E-state index is 0.00393. The van der Waals surface area contributed by atoms with Gasteiger partial charge in [0.1, 0.15) is 24.0 Å². The molecule has 0 amide bonds. The molecule has 1 saturated heterocycles. The van der Waals surface area contributed by atoms with Crippen molar-refractivity contribution in [3.8, 4) is 0 Å². The Labute approximate surface area is 119 Å². The third-order valence-electron chi connectivity index (χ3n) is 3.81. The summed E-state index contributed by atoms with van der Waals surface area (Å²) in [5.41, 5.74) is 5.68. The number of rotatable bonds is 2. The SMILES string of the molecule is Nc1nc2c(c(=O)[nH]1)N=C[C@H](C1OC(CO)C(O)[C@@H]1O)C2. The minimum atomic E-state index is -1.16. The monoisotopic (exact) mass is 296 g/mol. The molecule has 0 saturated carbocycles. The summed E-state index contributed by atoms with van der Waals surface area (Å²) in [6.07, 6.45) is -2.06. The van der Waals surface area contributed by atoms with Crippen LogP contribution in [0, 0.1) is 5.92 Å². The van der Waals surface area contributed by atoms with E-state index in [2.05, 4.69) is 15.0 Å². The second kappa shape index (κ2) is 5.19. The van der Waals surface area contributed by atoms with Crippen LogP contribution in [0.1, 0.15) is 5.69 Å². The topological polar surface area (TPSA) is 154 Å². The Morgan fingerprint density at radius 3 is 2.86 bits per heavy atom. The third-order valence-corrected chi connectivity index (χ3v) is 3.81. The second-order valence-corrected chi connectivity index (χ2v) is 5.20. The number of aromatic nitrogens is 2. The predicted octanol–water partition coefficient (Wildman–Crippen LogP) is -2.29. The quantitative estimate of drug-likeness (QED) is 0.411. The molecule has 0 radical (unpaired) electrons. The lowest BCUT2D eigenvalue weighted by Gasteiger charge is -2.25. The molecule has 0 aliphatic carbocycles. The molecular formula is C12H16N4O5. The van der Waals surface area contributed by atoms with Crippen LogP contribution in [-0.2, 0) is 11.2 Å². The Bertz CT molecular complexity index is 631. The van der Waals surface area contributed by atoms with E-state index in [9.17, 15) is 15.0 Å². The Morgan fingerprint density at radius 2 is 2.19 bits per heavy atom. The van der Waals surface area contributed by atoms with Gasteiger partial charge in [-0.15, -0.1) is 0 Å². The molecule has 6 N–H and O–H groups in total. The van der Waals surface area contributed by atoms with E-state index in [0.29, 0.717) is 12.1 Å². The average Bonchev–Trinajstić information content (AvgIpc) is 2.74. The van der Waals surface area contributed by atoms with E-state index in [0.717, 1.165) is 0 Å². The zero-order valence-electron chi connectivity index (χ0n) is 11.0. The van der Waals surface area contributed by atoms with Crippen molar-refractivity contribution in [3.63, 3.8) is 0 Å². The van der Waals surface area contributed by atoms with E-state index in [1.165, 1.54) is 6.21 Å². The molecule has 2 aliphatic rings. The number of nitrogens with zero attached hydrogens (tertiary/aromatic N) is 2. The number of hydrogen-bond donors (Lipinski definition) is 5. The maximum atomic E-state index is 11.7. The number of nitrogens with two attached hydrogens (primary N) is 1. The molecular weight excluding hydrogens is 280 g/mol. The van der Waals surface area contributed by atoms with Crippen LogP contribution >= 0.6 is 0 Å². The number of fused-ring (bicyclic) bond motifs is 1. The molecule has 9 nitrogen and oxygen atoms in total. The number of hydrogen-bond acceptors (Lipinski definition) is 8. The molecule has 3 rings (SSSR count). The van der Waals surface area contributed by atoms with Crippen molar-refractivity contribution in [2.24, 2.45) is 10.9 Å². The number of ether oxygens (including phenoxy) is 1. The van der Waals surface area contributed by atoms with Gasteiger partial charge in [0.05, 0.1) is 18.4 Å². The number of nitrogen functional groups attached to an aromatic ring is 1. The smallest absolute Gasteiger partial charge is 0.278 e. The lowest BCUT2D eigenvalue weighted by molar-refractivity contribution is -0.0319. The molecule has 3 unspecified atom stereocenters. The number of aromatic amines is 1. The number of nitrogens with one attached hydrogen (secondary N) is 1. The normalized spacial score (nSPS) is 34.9. The first-order valence-electron chi connectivity index (χ1n) is 6.56. The largest absolute Gasteiger partial charge is 0.394 e. The maximum Gasteiger partial charge on any atom is 0.278 e. The summed E-state index contributed by atoms with van der Waals surface area (Å²) in [6.45, 7) is -0.389. The van der Waals surface area contributed by atoms with E-state index in [-0.39, 0.29) is 24.2 Å². The first kappa shape index (κ1) is 14.1. The Balaban J connectivity index is 1.86. The van der Waals surface area contributed by atoms with E-state index in [1.54, 1.807) is 0 Å². The number of aliphatic hydroxyl groups excluding tert-OH is 3. The van der Waals surface area contributed by atoms with Crippen LogP contribution in [-0.4, -0.2) is 62.5 Å². The second-order valence-electron chi connectivity index (χ2n) is 5.20. The van der Waals surface area contributed by atoms with Crippen molar-refractivity contribution in [1.29, 1.82) is 0 Å². The molecule has 1 aromatic heterocycles. The molecule has 21 heavy (non-hydrogen) atoms. The summed E-state index contributed by atoms with van der Waals surface area (Å²) >= 11 is 0. The van der Waals surface area contributed by atoms with Crippen molar-refractivity contribution < 1.29 is 20.1 Å². The molecule has 1 fully saturated rings. The van der Waals surface area contributed by atoms with Gasteiger partial charge in [-0.3, -0.25) is 14.8 Å². The zero-order valence-corrected chi connectivity index (χ0v) is 11.0. The summed E-state index contributed by atoms with van der Waals surface area (Å²) in [6, 6.07) is 0. The van der Waals surface area contributed by atoms with Crippen LogP contribution in [0.3, 0.4) is 0 Å². The zero-order chi connectivity index (χ0) is 15.1. The highest BCUT2D eigenvalue weighted by molar-refractivity contribution is 5.71. The highest BCUT2D eigenvalue weighted by Crippen LogP contribution is 2.31. The standard InChI is InChI=1S/C12H16N4O5/c13-12-15-5-1-4(2-14-7(5)11(20)16-12)10-9(19)8(18)6(3-17)21-10/h2,4,6,8-10,17-19H,1,3H2,(H3,13,15,16,20)/t4-,6?,8?,9+,10?/m1/s1. The Hall–Kier alpha value is -1.81. The van der Waals surface area contributed by atoms with Gasteiger partial charge in [0.15, 0.2) is 0 Å². The number of H-pyrrole nitrogens is 1. The molecule has 0 spiro atoms. The number of aliphatic hydroxyl groups is 3. The van der Waals surface area contributed by atoms with Crippen molar-refractivity contribution in [3.05, 3.63) is 16.0 Å². The molecule has 0 aromatic carbocycles. The van der Waals surface area contributed by atoms with Crippen LogP contribution < -0.4 is 11.3 Å². The highest BCUT2D eigenvalue weighted by Gasteiger charge is 2.46. The number of aliphatic imine (C=N–C) groups is 1. The van der Waals surface area contributed by atoms with Crippen molar-refractivity contribution in [2.45, 2.75) is 30.8 Å². The van der Waals surface area contributed by atoms with Gasteiger partial charge in [-0.05, 0) is 0 Å². The molecule has 1 aromatic rings. The molecule has 9 heteroatoms. The lowest BCUT2D eigenvalue weighted by atomic mass is 9.91. The van der Waals surface area contributed by atoms with Gasteiger partial charge in [0, 0.05) is 18.6 Å². The van der Waals surface area contributed by atoms with Crippen LogP contribution in [0.25, 0.3) is 0 Å². The van der Waals surface area contributed by atoms with Crippen molar-refractivity contribution in [1.82, 2.24) is 9.97 Å². The van der Waals surface area contributed by atoms with Gasteiger partial charge in [-0.2, -0.15) is 0 Å². The summed E-state index contributed by atoms with van der Waals surface area (Å²) in [4.78, 5) is 22.1. The lowest BCUT2D eigenvalue weighted by Crippen LogP contribution is -2.38. The summed E-state index contributed by atoms with van der Waals surface area (Å²) in [5, 5.41) is 28.9. The summed E-state index contributed by atoms with van der Waals surface area (Å²) in [7, 11) is 0. The molecule has 5 atom stereocenters. The first-order valence-corrected chi connectivity index (χ1v) is 6.56. The fraction of sp³-hybridized carbons (Fsp3) is 0.583. The summed E-state index contributed by atoms with van der Waals surface area (Å²) < 4.78 is 5.46. The number of anilines is 1. The average molecular weight is 296 g/mol. The molecule has 0 bridgehead atoms. The Morgan fingerprint density at radius 1 is 1.43 bits per heavy atom. The van der Waals surface area contributed by atoms with Gasteiger partial charge in [-0.1, -0.05) is 0 Å². The van der Waals surface area contributed by atoms with Crippen LogP contribution in [0.5, 0.6) is 0 Å². The minimum Gasteiger partial charge on any atom is -0.394 e. The highest BCUT2D eigenvalue weighted by atomic mass is 16.6. The van der Waals surface area contributed by atoms with Gasteiger partial charge in [-0.25, -0.2) is 4.98 Å². The molecule has 2 aliphatic heterocycles. The Kier molecular flexibility index (Phi) is 3.49. The van der Waals surface area contributed by atoms with Gasteiger partial charge in [0.2, 0.25) is 5.95 Å². The van der Waals surface area contributed by atoms with Gasteiger partial charge >= 0.3 is 0 Å². The van der Waals surface area contributed by atoms with Crippen molar-refractivity contribution >= 4 is 17.9 Å². The fourth-order valence-corrected chi connectivity index (χ4v) is 2.74. The fourth-order valence-electron chi connectivity index (χ4n) is 2.74. The van der Waals surface area contributed by atoms with E-state index in [1.807, 2.05) is 0 Å². The van der Waals surface area contributed by atoms with Crippen molar-refractivity contribution in [2.75, 3.05) is 12.3 Å². The predicted molar refractivity (Wildman–Crippen MR) is 72.4 cm³/mol. The molecule has 3 heterocycles. The van der Waals surface area contributed by atoms with Crippen LogP contribution in [0.4, 0.5) is 11.6 Å². The third kappa shape index (κ3) is 2.33. The molecule has 114 valence electrons. The summed E-state index contributed by atoms with van der Waals surface area (Å²) in [5.74, 6) is -0.372. The van der Waals surface area contributed by atoms with E-state index < -0.39 is 30.0 Å².